The van der Waals surface area contributed by atoms with Gasteiger partial charge in [-0.15, -0.1) is 0 Å². The fourth-order valence-corrected chi connectivity index (χ4v) is 2.91. The molecule has 3 heteroatoms. The first kappa shape index (κ1) is 10.9. The molecule has 116 valence electrons. The molecule has 0 radical (unpaired) electrons. The highest BCUT2D eigenvalue weighted by Gasteiger charge is 2.29. The Bertz CT molecular complexity index is 733. The minimum absolute atomic E-state index is 0.0240. The average molecular weight is 303 g/mol. The molecule has 1 fully saturated rings. The van der Waals surface area contributed by atoms with Crippen molar-refractivity contribution < 1.29 is 15.0 Å². The van der Waals surface area contributed by atoms with Gasteiger partial charge in [0.15, 0.2) is 0 Å². The van der Waals surface area contributed by atoms with Crippen molar-refractivity contribution in [1.29, 1.82) is 0 Å². The van der Waals surface area contributed by atoms with Crippen LogP contribution in [0, 0.1) is 11.7 Å². The topological polar surface area (TPSA) is 23.5 Å². The normalized spacial score (nSPS) is 28.3. The number of hydrogen-bond donors (Lipinski definition) is 1. The Hall–Kier alpha value is -1.71. The van der Waals surface area contributed by atoms with Crippen molar-refractivity contribution in [2.75, 3.05) is 19.6 Å². The molecule has 0 saturated carbocycles. The Kier molecular flexibility index (Phi) is 3.49. The number of likely N-dealkylation sites (tertiary alicyclic amines) is 1. The van der Waals surface area contributed by atoms with Crippen LogP contribution in [0.1, 0.15) is 28.9 Å². The Morgan fingerprint density at radius 2 is 1.91 bits per heavy atom. The van der Waals surface area contributed by atoms with E-state index in [0.717, 1.165) is 5.56 Å². The molecule has 1 saturated heterocycles. The molecule has 2 nitrogen and oxygen atoms in total. The fourth-order valence-electron chi connectivity index (χ4n) is 2.91. The number of nitrogens with zero attached hydrogens (tertiary/aromatic N) is 1. The highest BCUT2D eigenvalue weighted by molar-refractivity contribution is 5.22. The molecule has 0 bridgehead atoms. The van der Waals surface area contributed by atoms with Gasteiger partial charge in [0.25, 0.3) is 0 Å². The summed E-state index contributed by atoms with van der Waals surface area (Å²) in [5, 5.41) is 10.1. The maximum atomic E-state index is 13.2. The van der Waals surface area contributed by atoms with Gasteiger partial charge in [0, 0.05) is 28.3 Å². The van der Waals surface area contributed by atoms with Crippen molar-refractivity contribution in [2.45, 2.75) is 18.9 Å². The second kappa shape index (κ2) is 7.03. The largest absolute Gasteiger partial charge is 0.396 e. The zero-order valence-corrected chi connectivity index (χ0v) is 12.2. The van der Waals surface area contributed by atoms with Gasteiger partial charge in [-0.05, 0) is 42.1 Å². The molecule has 1 aliphatic heterocycles. The Morgan fingerprint density at radius 3 is 2.59 bits per heavy atom. The van der Waals surface area contributed by atoms with Gasteiger partial charge in [-0.2, -0.15) is 0 Å². The summed E-state index contributed by atoms with van der Waals surface area (Å²) in [7, 11) is 0. The molecule has 0 aromatic heterocycles. The predicted octanol–water partition coefficient (Wildman–Crippen LogP) is 3.42. The second-order valence-corrected chi connectivity index (χ2v) is 5.62. The van der Waals surface area contributed by atoms with E-state index in [1.54, 1.807) is 17.0 Å². The van der Waals surface area contributed by atoms with Crippen molar-refractivity contribution in [3.05, 3.63) is 71.5 Å². The molecule has 1 heterocycles. The SMILES string of the molecule is [2H]C([2H])(O)[C@@H]1CN(Cc2ccccc2)C([2H])([2H])C[C@H]1c1ccc(F)cc1. The van der Waals surface area contributed by atoms with Crippen LogP contribution in [-0.2, 0) is 6.54 Å². The van der Waals surface area contributed by atoms with Crippen LogP contribution in [0.2, 0.25) is 0 Å². The number of benzene rings is 2. The lowest BCUT2D eigenvalue weighted by atomic mass is 9.81. The first-order valence-electron chi connectivity index (χ1n) is 9.43. The molecule has 0 unspecified atom stereocenters. The van der Waals surface area contributed by atoms with Gasteiger partial charge in [0.05, 0.1) is 2.74 Å². The van der Waals surface area contributed by atoms with Crippen molar-refractivity contribution in [3.8, 4) is 0 Å². The van der Waals surface area contributed by atoms with Crippen LogP contribution < -0.4 is 0 Å². The maximum absolute atomic E-state index is 13.2. The third-order valence-corrected chi connectivity index (χ3v) is 4.12. The van der Waals surface area contributed by atoms with Gasteiger partial charge in [-0.1, -0.05) is 42.5 Å². The van der Waals surface area contributed by atoms with E-state index in [9.17, 15) is 9.50 Å². The zero-order valence-electron chi connectivity index (χ0n) is 16.2. The lowest BCUT2D eigenvalue weighted by Crippen LogP contribution is -2.40. The average Bonchev–Trinajstić information content (AvgIpc) is 2.57. The number of hydrogen-bond acceptors (Lipinski definition) is 2. The molecule has 0 amide bonds. The fraction of sp³-hybridized carbons (Fsp3) is 0.368. The zero-order chi connectivity index (χ0) is 18.9. The van der Waals surface area contributed by atoms with E-state index in [1.807, 2.05) is 30.3 Å². The Labute approximate surface area is 136 Å². The van der Waals surface area contributed by atoms with Gasteiger partial charge < -0.3 is 5.11 Å². The highest BCUT2D eigenvalue weighted by Crippen LogP contribution is 2.33. The van der Waals surface area contributed by atoms with E-state index in [0.29, 0.717) is 12.1 Å². The summed E-state index contributed by atoms with van der Waals surface area (Å²) in [6, 6.07) is 15.1. The molecule has 1 aliphatic rings. The lowest BCUT2D eigenvalue weighted by molar-refractivity contribution is 0.0972. The molecule has 1 N–H and O–H groups in total. The molecule has 2 atom stereocenters. The van der Waals surface area contributed by atoms with Crippen LogP contribution >= 0.6 is 0 Å². The molecule has 2 aromatic rings. The van der Waals surface area contributed by atoms with E-state index < -0.39 is 30.7 Å². The third kappa shape index (κ3) is 3.54. The van der Waals surface area contributed by atoms with Crippen molar-refractivity contribution >= 4 is 0 Å². The monoisotopic (exact) mass is 303 g/mol. The summed E-state index contributed by atoms with van der Waals surface area (Å²) >= 11 is 0. The minimum atomic E-state index is -2.47. The van der Waals surface area contributed by atoms with Gasteiger partial charge in [0.2, 0.25) is 0 Å². The van der Waals surface area contributed by atoms with Gasteiger partial charge in [-0.3, -0.25) is 4.90 Å². The molecule has 0 aliphatic carbocycles. The van der Waals surface area contributed by atoms with E-state index in [1.165, 1.54) is 12.1 Å². The quantitative estimate of drug-likeness (QED) is 0.935. The van der Waals surface area contributed by atoms with Crippen LogP contribution in [0.15, 0.2) is 54.6 Å². The van der Waals surface area contributed by atoms with E-state index in [4.69, 9.17) is 5.48 Å². The number of aliphatic hydroxyl groups is 1. The van der Waals surface area contributed by atoms with Crippen LogP contribution in [0.4, 0.5) is 4.39 Å². The molecule has 3 rings (SSSR count). The molecule has 0 spiro atoms. The third-order valence-electron chi connectivity index (χ3n) is 4.12. The molecular weight excluding hydrogens is 277 g/mol. The molecule has 2 aromatic carbocycles. The van der Waals surface area contributed by atoms with E-state index >= 15 is 0 Å². The Morgan fingerprint density at radius 1 is 1.18 bits per heavy atom. The summed E-state index contributed by atoms with van der Waals surface area (Å²) in [6.45, 7) is -3.74. The van der Waals surface area contributed by atoms with Crippen molar-refractivity contribution in [2.24, 2.45) is 5.92 Å². The van der Waals surface area contributed by atoms with Crippen molar-refractivity contribution in [1.82, 2.24) is 4.90 Å². The summed E-state index contributed by atoms with van der Waals surface area (Å²) in [5.74, 6) is -1.76. The van der Waals surface area contributed by atoms with Gasteiger partial charge >= 0.3 is 0 Å². The van der Waals surface area contributed by atoms with E-state index in [2.05, 4.69) is 0 Å². The maximum Gasteiger partial charge on any atom is 0.123 e. The van der Waals surface area contributed by atoms with Gasteiger partial charge in [-0.25, -0.2) is 4.39 Å². The number of halogens is 1. The van der Waals surface area contributed by atoms with Crippen LogP contribution in [-0.4, -0.2) is 29.6 Å². The standard InChI is InChI=1S/C19H22FNO/c20-18-8-6-16(7-9-18)19-10-11-21(13-17(19)14-22)12-15-4-2-1-3-5-15/h1-9,17,19,22H,10-14H2/t17-,19-/m0/s1/i11D2,14D2. The summed E-state index contributed by atoms with van der Waals surface area (Å²) in [4.78, 5) is 1.57. The molecule has 22 heavy (non-hydrogen) atoms. The first-order valence-corrected chi connectivity index (χ1v) is 7.43. The first-order chi connectivity index (χ1) is 12.2. The predicted molar refractivity (Wildman–Crippen MR) is 86.1 cm³/mol. The minimum Gasteiger partial charge on any atom is -0.396 e. The lowest BCUT2D eigenvalue weighted by Gasteiger charge is -2.38. The van der Waals surface area contributed by atoms with Gasteiger partial charge in [0.1, 0.15) is 5.82 Å². The summed E-state index contributed by atoms with van der Waals surface area (Å²) in [6.07, 6.45) is 0.0240. The molecular formula is C19H22FNO. The second-order valence-electron chi connectivity index (χ2n) is 5.62. The highest BCUT2D eigenvalue weighted by atomic mass is 19.1. The summed E-state index contributed by atoms with van der Waals surface area (Å²) < 4.78 is 45.9. The van der Waals surface area contributed by atoms with Crippen LogP contribution in [0.3, 0.4) is 0 Å². The summed E-state index contributed by atoms with van der Waals surface area (Å²) in [5.41, 5.74) is 1.56. The number of piperidine rings is 1. The van der Waals surface area contributed by atoms with Crippen molar-refractivity contribution in [3.63, 3.8) is 0 Å². The number of rotatable bonds is 4. The van der Waals surface area contributed by atoms with Crippen LogP contribution in [0.5, 0.6) is 0 Å². The van der Waals surface area contributed by atoms with Crippen LogP contribution in [0.25, 0.3) is 0 Å². The smallest absolute Gasteiger partial charge is 0.123 e. The van der Waals surface area contributed by atoms with E-state index in [-0.39, 0.29) is 13.0 Å². The Balaban J connectivity index is 1.90.